The number of halogens is 3. The van der Waals surface area contributed by atoms with Crippen LogP contribution in [0.3, 0.4) is 0 Å². The number of methoxy groups -OCH3 is 1. The van der Waals surface area contributed by atoms with Gasteiger partial charge in [0.05, 0.1) is 13.3 Å². The number of anilines is 1. The molecule has 1 aromatic heterocycles. The zero-order valence-corrected chi connectivity index (χ0v) is 6.72. The summed E-state index contributed by atoms with van der Waals surface area (Å²) in [5, 5.41) is 0. The fraction of sp³-hybridized carbons (Fsp3) is 0.286. The van der Waals surface area contributed by atoms with Gasteiger partial charge in [-0.1, -0.05) is 0 Å². The van der Waals surface area contributed by atoms with Crippen LogP contribution >= 0.6 is 0 Å². The molecule has 0 bridgehead atoms. The summed E-state index contributed by atoms with van der Waals surface area (Å²) in [5.41, 5.74) is 4.35. The van der Waals surface area contributed by atoms with Crippen molar-refractivity contribution in [2.75, 3.05) is 12.8 Å². The Morgan fingerprint density at radius 3 is 2.54 bits per heavy atom. The largest absolute Gasteiger partial charge is 0.492 e. The Kier molecular flexibility index (Phi) is 2.60. The number of aromatic nitrogens is 1. The lowest BCUT2D eigenvalue weighted by atomic mass is 10.2. The Balaban J connectivity index is 3.35. The fourth-order valence-corrected chi connectivity index (χ4v) is 0.919. The number of hydrogen-bond acceptors (Lipinski definition) is 3. The van der Waals surface area contributed by atoms with E-state index in [-0.39, 0.29) is 5.82 Å². The second-order valence-electron chi connectivity index (χ2n) is 2.24. The average Bonchev–Trinajstić information content (AvgIpc) is 2.07. The van der Waals surface area contributed by atoms with Crippen molar-refractivity contribution in [2.24, 2.45) is 0 Å². The van der Waals surface area contributed by atoms with Gasteiger partial charge in [0.2, 0.25) is 0 Å². The maximum Gasteiger partial charge on any atom is 0.270 e. The third kappa shape index (κ3) is 1.66. The maximum atomic E-state index is 12.8. The van der Waals surface area contributed by atoms with Crippen LogP contribution < -0.4 is 10.5 Å². The highest BCUT2D eigenvalue weighted by Crippen LogP contribution is 2.34. The third-order valence-corrected chi connectivity index (χ3v) is 1.47. The molecule has 72 valence electrons. The number of hydrogen-bond donors (Lipinski definition) is 1. The van der Waals surface area contributed by atoms with E-state index < -0.39 is 23.6 Å². The Bertz CT molecular complexity index is 317. The second-order valence-corrected chi connectivity index (χ2v) is 2.24. The maximum absolute atomic E-state index is 12.8. The molecule has 1 heterocycles. The molecule has 0 saturated heterocycles. The molecule has 0 aliphatic rings. The summed E-state index contributed by atoms with van der Waals surface area (Å²) in [6.07, 6.45) is -2.33. The highest BCUT2D eigenvalue weighted by molar-refractivity contribution is 5.51. The quantitative estimate of drug-likeness (QED) is 0.776. The van der Waals surface area contributed by atoms with Gasteiger partial charge in [0.25, 0.3) is 6.43 Å². The minimum Gasteiger partial charge on any atom is -0.492 e. The minimum absolute atomic E-state index is 0.251. The molecule has 0 spiro atoms. The molecule has 13 heavy (non-hydrogen) atoms. The predicted octanol–water partition coefficient (Wildman–Crippen LogP) is 1.75. The first-order valence-corrected chi connectivity index (χ1v) is 3.34. The van der Waals surface area contributed by atoms with Gasteiger partial charge in [-0.05, 0) is 0 Å². The lowest BCUT2D eigenvalue weighted by Gasteiger charge is -2.09. The minimum atomic E-state index is -2.97. The lowest BCUT2D eigenvalue weighted by molar-refractivity contribution is 0.141. The molecule has 3 nitrogen and oxygen atoms in total. The Labute approximate surface area is 72.3 Å². The van der Waals surface area contributed by atoms with Gasteiger partial charge in [0, 0.05) is 0 Å². The number of nitrogens with two attached hydrogens (primary N) is 1. The number of ether oxygens (including phenoxy) is 1. The van der Waals surface area contributed by atoms with E-state index in [4.69, 9.17) is 5.73 Å². The molecule has 0 radical (unpaired) electrons. The van der Waals surface area contributed by atoms with Crippen LogP contribution in [0.5, 0.6) is 5.75 Å². The van der Waals surface area contributed by atoms with E-state index in [0.717, 1.165) is 7.11 Å². The van der Waals surface area contributed by atoms with Gasteiger partial charge in [0.1, 0.15) is 5.56 Å². The van der Waals surface area contributed by atoms with Crippen LogP contribution in [-0.4, -0.2) is 12.1 Å². The normalized spacial score (nSPS) is 10.5. The van der Waals surface area contributed by atoms with Crippen molar-refractivity contribution in [3.8, 4) is 5.75 Å². The summed E-state index contributed by atoms with van der Waals surface area (Å²) in [6, 6.07) is 0. The van der Waals surface area contributed by atoms with Gasteiger partial charge >= 0.3 is 0 Å². The van der Waals surface area contributed by atoms with E-state index in [2.05, 4.69) is 9.72 Å². The fourth-order valence-electron chi connectivity index (χ4n) is 0.919. The van der Waals surface area contributed by atoms with Crippen molar-refractivity contribution in [3.63, 3.8) is 0 Å². The topological polar surface area (TPSA) is 48.1 Å². The molecule has 2 N–H and O–H groups in total. The van der Waals surface area contributed by atoms with Gasteiger partial charge in [-0.15, -0.1) is 0 Å². The third-order valence-electron chi connectivity index (χ3n) is 1.47. The number of alkyl halides is 2. The molecule has 0 unspecified atom stereocenters. The number of nitrogen functional groups attached to an aromatic ring is 1. The van der Waals surface area contributed by atoms with Crippen LogP contribution in [0.25, 0.3) is 0 Å². The van der Waals surface area contributed by atoms with E-state index >= 15 is 0 Å². The van der Waals surface area contributed by atoms with Crippen LogP contribution in [-0.2, 0) is 0 Å². The average molecular weight is 192 g/mol. The number of nitrogens with zero attached hydrogens (tertiary/aromatic N) is 1. The summed E-state index contributed by atoms with van der Waals surface area (Å²) in [7, 11) is 1.12. The lowest BCUT2D eigenvalue weighted by Crippen LogP contribution is -2.03. The summed E-state index contributed by atoms with van der Waals surface area (Å²) >= 11 is 0. The first kappa shape index (κ1) is 9.63. The van der Waals surface area contributed by atoms with Crippen LogP contribution in [0.1, 0.15) is 12.0 Å². The molecular formula is C7H7F3N2O. The molecular weight excluding hydrogens is 185 g/mol. The SMILES string of the molecule is COc1c(N)ncc(F)c1C(F)F. The smallest absolute Gasteiger partial charge is 0.270 e. The van der Waals surface area contributed by atoms with Crippen molar-refractivity contribution in [1.82, 2.24) is 4.98 Å². The highest BCUT2D eigenvalue weighted by atomic mass is 19.3. The summed E-state index contributed by atoms with van der Waals surface area (Å²) in [6.45, 7) is 0. The van der Waals surface area contributed by atoms with Crippen molar-refractivity contribution >= 4 is 5.82 Å². The van der Waals surface area contributed by atoms with Crippen LogP contribution in [0, 0.1) is 5.82 Å². The van der Waals surface area contributed by atoms with Crippen LogP contribution in [0.2, 0.25) is 0 Å². The van der Waals surface area contributed by atoms with Crippen LogP contribution in [0.15, 0.2) is 6.20 Å². The highest BCUT2D eigenvalue weighted by Gasteiger charge is 2.22. The Morgan fingerprint density at radius 2 is 2.15 bits per heavy atom. The monoisotopic (exact) mass is 192 g/mol. The van der Waals surface area contributed by atoms with Gasteiger partial charge in [0.15, 0.2) is 17.4 Å². The predicted molar refractivity (Wildman–Crippen MR) is 40.1 cm³/mol. The van der Waals surface area contributed by atoms with E-state index in [1.807, 2.05) is 0 Å². The number of pyridine rings is 1. The zero-order chi connectivity index (χ0) is 10.0. The van der Waals surface area contributed by atoms with Crippen molar-refractivity contribution in [2.45, 2.75) is 6.43 Å². The molecule has 0 aliphatic carbocycles. The van der Waals surface area contributed by atoms with Gasteiger partial charge < -0.3 is 10.5 Å². The van der Waals surface area contributed by atoms with E-state index in [9.17, 15) is 13.2 Å². The first-order chi connectivity index (χ1) is 6.07. The van der Waals surface area contributed by atoms with E-state index in [0.29, 0.717) is 6.20 Å². The Morgan fingerprint density at radius 1 is 1.54 bits per heavy atom. The Hall–Kier alpha value is -1.46. The first-order valence-electron chi connectivity index (χ1n) is 3.34. The molecule has 0 atom stereocenters. The molecule has 0 saturated carbocycles. The molecule has 0 amide bonds. The van der Waals surface area contributed by atoms with Crippen molar-refractivity contribution < 1.29 is 17.9 Å². The van der Waals surface area contributed by atoms with Gasteiger partial charge in [-0.25, -0.2) is 18.2 Å². The number of rotatable bonds is 2. The molecule has 6 heteroatoms. The zero-order valence-electron chi connectivity index (χ0n) is 6.72. The van der Waals surface area contributed by atoms with Gasteiger partial charge in [-0.3, -0.25) is 0 Å². The second kappa shape index (κ2) is 3.51. The molecule has 1 aromatic rings. The van der Waals surface area contributed by atoms with Crippen molar-refractivity contribution in [3.05, 3.63) is 17.6 Å². The molecule has 0 aliphatic heterocycles. The van der Waals surface area contributed by atoms with Crippen LogP contribution in [0.4, 0.5) is 19.0 Å². The molecule has 0 aromatic carbocycles. The molecule has 1 rings (SSSR count). The van der Waals surface area contributed by atoms with E-state index in [1.165, 1.54) is 0 Å². The molecule has 0 fully saturated rings. The van der Waals surface area contributed by atoms with Crippen molar-refractivity contribution in [1.29, 1.82) is 0 Å². The summed E-state index contributed by atoms with van der Waals surface area (Å²) in [5.74, 6) is -1.78. The standard InChI is InChI=1S/C7H7F3N2O/c1-13-5-4(6(9)10)3(8)2-12-7(5)11/h2,6H,1H3,(H2,11,12). The summed E-state index contributed by atoms with van der Waals surface area (Å²) < 4.78 is 41.8. The summed E-state index contributed by atoms with van der Waals surface area (Å²) in [4.78, 5) is 3.34. The van der Waals surface area contributed by atoms with E-state index in [1.54, 1.807) is 0 Å². The van der Waals surface area contributed by atoms with Gasteiger partial charge in [-0.2, -0.15) is 0 Å².